The second kappa shape index (κ2) is 6.71. The molecule has 3 rings (SSSR count). The van der Waals surface area contributed by atoms with Gasteiger partial charge in [-0.15, -0.1) is 0 Å². The van der Waals surface area contributed by atoms with Crippen molar-refractivity contribution in [1.29, 1.82) is 0 Å². The van der Waals surface area contributed by atoms with E-state index >= 15 is 0 Å². The number of carbonyl (C=O) groups is 1. The van der Waals surface area contributed by atoms with Crippen molar-refractivity contribution in [2.24, 2.45) is 0 Å². The Kier molecular flexibility index (Phi) is 4.47. The molecule has 1 amide bonds. The molecule has 0 saturated carbocycles. The molecule has 0 aliphatic heterocycles. The molecule has 0 radical (unpaired) electrons. The summed E-state index contributed by atoms with van der Waals surface area (Å²) in [4.78, 5) is 17.2. The van der Waals surface area contributed by atoms with Crippen molar-refractivity contribution in [1.82, 2.24) is 10.3 Å². The molecular formula is C20H20N2O2. The molecule has 0 fully saturated rings. The van der Waals surface area contributed by atoms with Gasteiger partial charge in [-0.25, -0.2) is 0 Å². The molecule has 1 heterocycles. The Morgan fingerprint density at radius 1 is 1.12 bits per heavy atom. The molecule has 0 aliphatic rings. The zero-order chi connectivity index (χ0) is 17.1. The summed E-state index contributed by atoms with van der Waals surface area (Å²) >= 11 is 0. The summed E-state index contributed by atoms with van der Waals surface area (Å²) in [5.41, 5.74) is 3.21. The number of pyridine rings is 1. The lowest BCUT2D eigenvalue weighted by atomic mass is 10.1. The van der Waals surface area contributed by atoms with Gasteiger partial charge in [-0.3, -0.25) is 9.78 Å². The van der Waals surface area contributed by atoms with Crippen LogP contribution in [0.5, 0.6) is 5.75 Å². The highest BCUT2D eigenvalue weighted by Crippen LogP contribution is 2.22. The fraction of sp³-hybridized carbons (Fsp3) is 0.200. The number of hydrogen-bond donors (Lipinski definition) is 1. The average molecular weight is 320 g/mol. The van der Waals surface area contributed by atoms with Crippen molar-refractivity contribution >= 4 is 16.8 Å². The number of aryl methyl sites for hydroxylation is 1. The Morgan fingerprint density at radius 2 is 1.88 bits per heavy atom. The number of hydrogen-bond acceptors (Lipinski definition) is 3. The third-order valence-corrected chi connectivity index (χ3v) is 4.10. The lowest BCUT2D eigenvalue weighted by molar-refractivity contribution is 0.0939. The Hall–Kier alpha value is -2.88. The summed E-state index contributed by atoms with van der Waals surface area (Å²) < 4.78 is 5.25. The second-order valence-corrected chi connectivity index (χ2v) is 5.79. The van der Waals surface area contributed by atoms with E-state index in [-0.39, 0.29) is 11.9 Å². The van der Waals surface area contributed by atoms with Crippen LogP contribution in [0.25, 0.3) is 10.9 Å². The molecule has 1 unspecified atom stereocenters. The zero-order valence-corrected chi connectivity index (χ0v) is 14.0. The Morgan fingerprint density at radius 3 is 2.58 bits per heavy atom. The maximum Gasteiger partial charge on any atom is 0.253 e. The summed E-state index contributed by atoms with van der Waals surface area (Å²) in [6.07, 6.45) is 0. The molecule has 0 aliphatic carbocycles. The van der Waals surface area contributed by atoms with E-state index in [1.54, 1.807) is 7.11 Å². The minimum Gasteiger partial charge on any atom is -0.497 e. The largest absolute Gasteiger partial charge is 0.497 e. The van der Waals surface area contributed by atoms with Gasteiger partial charge in [0, 0.05) is 5.39 Å². The van der Waals surface area contributed by atoms with Crippen molar-refractivity contribution < 1.29 is 9.53 Å². The minimum atomic E-state index is -0.124. The van der Waals surface area contributed by atoms with Crippen molar-refractivity contribution in [2.45, 2.75) is 19.9 Å². The minimum absolute atomic E-state index is 0.0703. The number of aromatic nitrogens is 1. The van der Waals surface area contributed by atoms with Crippen molar-refractivity contribution in [2.75, 3.05) is 7.11 Å². The highest BCUT2D eigenvalue weighted by Gasteiger charge is 2.15. The number of nitrogens with zero attached hydrogens (tertiary/aromatic N) is 1. The molecule has 3 aromatic rings. The van der Waals surface area contributed by atoms with E-state index in [1.165, 1.54) is 0 Å². The maximum absolute atomic E-state index is 12.7. The van der Waals surface area contributed by atoms with Crippen LogP contribution in [0, 0.1) is 6.92 Å². The van der Waals surface area contributed by atoms with E-state index in [0.29, 0.717) is 11.3 Å². The van der Waals surface area contributed by atoms with Gasteiger partial charge in [0.15, 0.2) is 0 Å². The highest BCUT2D eigenvalue weighted by atomic mass is 16.5. The van der Waals surface area contributed by atoms with Crippen LogP contribution in [0.15, 0.2) is 54.6 Å². The van der Waals surface area contributed by atoms with Gasteiger partial charge in [0.05, 0.1) is 29.9 Å². The number of benzene rings is 2. The summed E-state index contributed by atoms with van der Waals surface area (Å²) in [5, 5.41) is 3.92. The van der Waals surface area contributed by atoms with Gasteiger partial charge < -0.3 is 10.1 Å². The molecule has 24 heavy (non-hydrogen) atoms. The van der Waals surface area contributed by atoms with Crippen LogP contribution in [0.1, 0.15) is 34.6 Å². The first kappa shape index (κ1) is 16.0. The van der Waals surface area contributed by atoms with E-state index < -0.39 is 0 Å². The number of methoxy groups -OCH3 is 1. The molecule has 1 aromatic heterocycles. The first-order chi connectivity index (χ1) is 11.6. The van der Waals surface area contributed by atoms with Gasteiger partial charge in [-0.05, 0) is 43.7 Å². The molecule has 122 valence electrons. The van der Waals surface area contributed by atoms with Gasteiger partial charge in [0.1, 0.15) is 5.75 Å². The molecular weight excluding hydrogens is 300 g/mol. The van der Waals surface area contributed by atoms with E-state index in [1.807, 2.05) is 68.4 Å². The van der Waals surface area contributed by atoms with E-state index in [9.17, 15) is 4.79 Å². The third kappa shape index (κ3) is 3.23. The van der Waals surface area contributed by atoms with Crippen LogP contribution in [0.2, 0.25) is 0 Å². The van der Waals surface area contributed by atoms with E-state index in [4.69, 9.17) is 4.74 Å². The third-order valence-electron chi connectivity index (χ3n) is 4.10. The van der Waals surface area contributed by atoms with Crippen LogP contribution in [0.4, 0.5) is 0 Å². The van der Waals surface area contributed by atoms with Gasteiger partial charge >= 0.3 is 0 Å². The fourth-order valence-electron chi connectivity index (χ4n) is 2.71. The van der Waals surface area contributed by atoms with Gasteiger partial charge in [0.2, 0.25) is 0 Å². The molecule has 0 bridgehead atoms. The lowest BCUT2D eigenvalue weighted by Gasteiger charge is -2.15. The quantitative estimate of drug-likeness (QED) is 0.789. The van der Waals surface area contributed by atoms with E-state index in [0.717, 1.165) is 22.2 Å². The summed E-state index contributed by atoms with van der Waals surface area (Å²) in [6.45, 7) is 3.83. The monoisotopic (exact) mass is 320 g/mol. The molecule has 4 heteroatoms. The van der Waals surface area contributed by atoms with Gasteiger partial charge in [-0.2, -0.15) is 0 Å². The van der Waals surface area contributed by atoms with Gasteiger partial charge in [-0.1, -0.05) is 30.3 Å². The van der Waals surface area contributed by atoms with Crippen LogP contribution in [-0.4, -0.2) is 18.0 Å². The summed E-state index contributed by atoms with van der Waals surface area (Å²) in [6, 6.07) is 17.3. The Labute approximate surface area is 141 Å². The number of carbonyl (C=O) groups excluding carboxylic acids is 1. The summed E-state index contributed by atoms with van der Waals surface area (Å²) in [5.74, 6) is 0.623. The van der Waals surface area contributed by atoms with Crippen LogP contribution < -0.4 is 10.1 Å². The SMILES string of the molecule is COc1ccc2nc(C)c(C(=O)NC(C)c3ccccc3)cc2c1. The molecule has 1 atom stereocenters. The van der Waals surface area contributed by atoms with Crippen molar-refractivity contribution in [3.05, 3.63) is 71.4 Å². The van der Waals surface area contributed by atoms with Crippen molar-refractivity contribution in [3.63, 3.8) is 0 Å². The number of amides is 1. The first-order valence-electron chi connectivity index (χ1n) is 7.89. The van der Waals surface area contributed by atoms with Gasteiger partial charge in [0.25, 0.3) is 5.91 Å². The molecule has 0 saturated heterocycles. The van der Waals surface area contributed by atoms with E-state index in [2.05, 4.69) is 10.3 Å². The molecule has 2 aromatic carbocycles. The molecule has 1 N–H and O–H groups in total. The zero-order valence-electron chi connectivity index (χ0n) is 14.0. The Bertz CT molecular complexity index is 875. The van der Waals surface area contributed by atoms with Crippen LogP contribution >= 0.6 is 0 Å². The smallest absolute Gasteiger partial charge is 0.253 e. The average Bonchev–Trinajstić information content (AvgIpc) is 2.61. The predicted molar refractivity (Wildman–Crippen MR) is 95.4 cm³/mol. The van der Waals surface area contributed by atoms with Crippen LogP contribution in [-0.2, 0) is 0 Å². The lowest BCUT2D eigenvalue weighted by Crippen LogP contribution is -2.27. The van der Waals surface area contributed by atoms with Crippen LogP contribution in [0.3, 0.4) is 0 Å². The molecule has 4 nitrogen and oxygen atoms in total. The fourth-order valence-corrected chi connectivity index (χ4v) is 2.71. The second-order valence-electron chi connectivity index (χ2n) is 5.79. The predicted octanol–water partition coefficient (Wildman–Crippen LogP) is 4.04. The standard InChI is InChI=1S/C20H20N2O2/c1-13(15-7-5-4-6-8-15)22-20(23)18-12-16-11-17(24-3)9-10-19(16)21-14(18)2/h4-13H,1-3H3,(H,22,23). The number of ether oxygens (including phenoxy) is 1. The first-order valence-corrected chi connectivity index (χ1v) is 7.89. The normalized spacial score (nSPS) is 12.0. The maximum atomic E-state index is 12.7. The number of fused-ring (bicyclic) bond motifs is 1. The summed E-state index contributed by atoms with van der Waals surface area (Å²) in [7, 11) is 1.62. The topological polar surface area (TPSA) is 51.2 Å². The highest BCUT2D eigenvalue weighted by molar-refractivity contribution is 5.99. The van der Waals surface area contributed by atoms with Crippen molar-refractivity contribution in [3.8, 4) is 5.75 Å². The molecule has 0 spiro atoms. The number of nitrogens with one attached hydrogen (secondary N) is 1. The Balaban J connectivity index is 1.90. The number of rotatable bonds is 4.